The highest BCUT2D eigenvalue weighted by molar-refractivity contribution is 5.98. The third kappa shape index (κ3) is 3.09. The zero-order valence-corrected chi connectivity index (χ0v) is 13.7. The SMILES string of the molecule is CON1C(C)=C(C(=O)O)C(c2cccc([N+](=O)[O-])c2)C(C(=O)O)=C1C. The zero-order chi connectivity index (χ0) is 18.9. The predicted octanol–water partition coefficient (Wildman–Crippen LogP) is 2.27. The molecule has 0 atom stereocenters. The summed E-state index contributed by atoms with van der Waals surface area (Å²) in [7, 11) is 1.29. The fourth-order valence-electron chi connectivity index (χ4n) is 3.01. The number of hydrogen-bond acceptors (Lipinski definition) is 6. The molecular weight excluding hydrogens is 332 g/mol. The Kier molecular flexibility index (Phi) is 4.89. The van der Waals surface area contributed by atoms with Crippen molar-refractivity contribution in [2.75, 3.05) is 7.11 Å². The summed E-state index contributed by atoms with van der Waals surface area (Å²) >= 11 is 0. The molecule has 0 aliphatic carbocycles. The number of benzene rings is 1. The van der Waals surface area contributed by atoms with Gasteiger partial charge in [0.2, 0.25) is 0 Å². The van der Waals surface area contributed by atoms with Gasteiger partial charge in [-0.3, -0.25) is 15.0 Å². The molecule has 0 aromatic heterocycles. The minimum absolute atomic E-state index is 0.203. The third-order valence-electron chi connectivity index (χ3n) is 4.02. The molecule has 0 spiro atoms. The lowest BCUT2D eigenvalue weighted by molar-refractivity contribution is -0.384. The second kappa shape index (κ2) is 6.73. The van der Waals surface area contributed by atoms with Gasteiger partial charge in [-0.1, -0.05) is 12.1 Å². The van der Waals surface area contributed by atoms with Crippen LogP contribution < -0.4 is 0 Å². The lowest BCUT2D eigenvalue weighted by atomic mass is 9.80. The monoisotopic (exact) mass is 348 g/mol. The van der Waals surface area contributed by atoms with Gasteiger partial charge in [0.15, 0.2) is 0 Å². The lowest BCUT2D eigenvalue weighted by Gasteiger charge is -2.34. The molecule has 25 heavy (non-hydrogen) atoms. The molecule has 132 valence electrons. The van der Waals surface area contributed by atoms with Gasteiger partial charge in [0.25, 0.3) is 5.69 Å². The number of allylic oxidation sites excluding steroid dienone is 2. The summed E-state index contributed by atoms with van der Waals surface area (Å²) in [6.07, 6.45) is 0. The molecule has 9 nitrogen and oxygen atoms in total. The number of non-ortho nitro benzene ring substituents is 1. The van der Waals surface area contributed by atoms with E-state index in [9.17, 15) is 29.9 Å². The number of aliphatic carboxylic acids is 2. The Bertz CT molecular complexity index is 788. The van der Waals surface area contributed by atoms with Gasteiger partial charge in [0.05, 0.1) is 40.5 Å². The van der Waals surface area contributed by atoms with Crippen molar-refractivity contribution in [1.82, 2.24) is 5.06 Å². The molecule has 0 amide bonds. The topological polar surface area (TPSA) is 130 Å². The van der Waals surface area contributed by atoms with Crippen molar-refractivity contribution in [3.05, 3.63) is 62.5 Å². The molecule has 0 bridgehead atoms. The lowest BCUT2D eigenvalue weighted by Crippen LogP contribution is -2.33. The fraction of sp³-hybridized carbons (Fsp3) is 0.250. The van der Waals surface area contributed by atoms with E-state index in [1.807, 2.05) is 0 Å². The zero-order valence-electron chi connectivity index (χ0n) is 13.7. The van der Waals surface area contributed by atoms with E-state index in [1.54, 1.807) is 0 Å². The highest BCUT2D eigenvalue weighted by Crippen LogP contribution is 2.42. The number of nitro benzene ring substituents is 1. The number of rotatable bonds is 5. The van der Waals surface area contributed by atoms with Crippen molar-refractivity contribution < 1.29 is 29.6 Å². The van der Waals surface area contributed by atoms with Crippen LogP contribution in [0.15, 0.2) is 46.8 Å². The van der Waals surface area contributed by atoms with Crippen LogP contribution in [-0.2, 0) is 14.4 Å². The van der Waals surface area contributed by atoms with Crippen LogP contribution in [0.1, 0.15) is 25.3 Å². The molecule has 0 saturated heterocycles. The fourth-order valence-corrected chi connectivity index (χ4v) is 3.01. The van der Waals surface area contributed by atoms with Gasteiger partial charge in [0.1, 0.15) is 0 Å². The summed E-state index contributed by atoms with van der Waals surface area (Å²) in [4.78, 5) is 39.1. The van der Waals surface area contributed by atoms with E-state index >= 15 is 0 Å². The van der Waals surface area contributed by atoms with E-state index in [0.717, 1.165) is 5.06 Å². The number of hydrogen-bond donors (Lipinski definition) is 2. The first kappa shape index (κ1) is 18.1. The summed E-state index contributed by atoms with van der Waals surface area (Å²) in [5.41, 5.74) is -0.0754. The maximum Gasteiger partial charge on any atom is 0.334 e. The van der Waals surface area contributed by atoms with E-state index in [4.69, 9.17) is 4.84 Å². The highest BCUT2D eigenvalue weighted by Gasteiger charge is 2.40. The molecule has 0 unspecified atom stereocenters. The van der Waals surface area contributed by atoms with Gasteiger partial charge in [-0.25, -0.2) is 14.7 Å². The molecule has 2 rings (SSSR count). The van der Waals surface area contributed by atoms with Crippen molar-refractivity contribution in [3.8, 4) is 0 Å². The largest absolute Gasteiger partial charge is 0.478 e. The van der Waals surface area contributed by atoms with E-state index < -0.39 is 22.8 Å². The van der Waals surface area contributed by atoms with Crippen molar-refractivity contribution >= 4 is 17.6 Å². The molecule has 0 fully saturated rings. The minimum atomic E-state index is -1.33. The normalized spacial score (nSPS) is 15.6. The second-order valence-electron chi connectivity index (χ2n) is 5.37. The minimum Gasteiger partial charge on any atom is -0.478 e. The second-order valence-corrected chi connectivity index (χ2v) is 5.37. The Labute approximate surface area is 142 Å². The standard InChI is InChI=1S/C16H16N2O7/c1-8-12(15(19)20)14(10-5-4-6-11(7-10)18(23)24)13(16(21)22)9(2)17(8)25-3/h4-7,14H,1-3H3,(H,19,20)(H,21,22). The molecule has 1 aromatic rings. The summed E-state index contributed by atoms with van der Waals surface area (Å²) in [5, 5.41) is 31.4. The van der Waals surface area contributed by atoms with Crippen LogP contribution in [-0.4, -0.2) is 39.2 Å². The van der Waals surface area contributed by atoms with E-state index in [1.165, 1.54) is 45.2 Å². The summed E-state index contributed by atoms with van der Waals surface area (Å²) in [6.45, 7) is 2.97. The smallest absolute Gasteiger partial charge is 0.334 e. The Balaban J connectivity index is 2.79. The van der Waals surface area contributed by atoms with Gasteiger partial charge in [0, 0.05) is 12.1 Å². The van der Waals surface area contributed by atoms with Crippen LogP contribution in [0.5, 0.6) is 0 Å². The van der Waals surface area contributed by atoms with Crippen molar-refractivity contribution in [3.63, 3.8) is 0 Å². The summed E-state index contributed by atoms with van der Waals surface area (Å²) < 4.78 is 0. The Morgan fingerprint density at radius 2 is 1.68 bits per heavy atom. The number of hydroxylamine groups is 2. The number of carboxylic acids is 2. The van der Waals surface area contributed by atoms with Crippen LogP contribution in [0, 0.1) is 10.1 Å². The molecule has 1 aromatic carbocycles. The maximum atomic E-state index is 11.8. The number of carbonyl (C=O) groups is 2. The van der Waals surface area contributed by atoms with Crippen LogP contribution in [0.4, 0.5) is 5.69 Å². The quantitative estimate of drug-likeness (QED) is 0.612. The molecule has 1 aliphatic heterocycles. The first-order chi connectivity index (χ1) is 11.7. The molecule has 0 radical (unpaired) electrons. The number of nitro groups is 1. The van der Waals surface area contributed by atoms with Crippen molar-refractivity contribution in [2.45, 2.75) is 19.8 Å². The average Bonchev–Trinajstić information content (AvgIpc) is 2.53. The maximum absolute atomic E-state index is 11.8. The Morgan fingerprint density at radius 3 is 2.08 bits per heavy atom. The first-order valence-corrected chi connectivity index (χ1v) is 7.17. The predicted molar refractivity (Wildman–Crippen MR) is 85.4 cm³/mol. The molecule has 1 heterocycles. The van der Waals surface area contributed by atoms with Crippen LogP contribution in [0.2, 0.25) is 0 Å². The third-order valence-corrected chi connectivity index (χ3v) is 4.02. The van der Waals surface area contributed by atoms with Crippen LogP contribution in [0.25, 0.3) is 0 Å². The Hall–Kier alpha value is -3.20. The summed E-state index contributed by atoms with van der Waals surface area (Å²) in [5.74, 6) is -3.83. The van der Waals surface area contributed by atoms with Gasteiger partial charge < -0.3 is 10.2 Å². The van der Waals surface area contributed by atoms with E-state index in [0.29, 0.717) is 0 Å². The highest BCUT2D eigenvalue weighted by atomic mass is 16.7. The first-order valence-electron chi connectivity index (χ1n) is 7.17. The van der Waals surface area contributed by atoms with Gasteiger partial charge >= 0.3 is 11.9 Å². The molecule has 2 N–H and O–H groups in total. The van der Waals surface area contributed by atoms with Crippen molar-refractivity contribution in [1.29, 1.82) is 0 Å². The molecule has 1 aliphatic rings. The number of nitrogens with zero attached hydrogens (tertiary/aromatic N) is 2. The van der Waals surface area contributed by atoms with E-state index in [-0.39, 0.29) is 33.8 Å². The molecule has 0 saturated carbocycles. The number of carboxylic acid groups (broad SMARTS) is 2. The van der Waals surface area contributed by atoms with E-state index in [2.05, 4.69) is 0 Å². The molecule has 9 heteroatoms. The summed E-state index contributed by atoms with van der Waals surface area (Å²) in [6, 6.07) is 5.29. The van der Waals surface area contributed by atoms with Crippen LogP contribution in [0.3, 0.4) is 0 Å². The van der Waals surface area contributed by atoms with Gasteiger partial charge in [-0.15, -0.1) is 0 Å². The average molecular weight is 348 g/mol. The Morgan fingerprint density at radius 1 is 1.16 bits per heavy atom. The van der Waals surface area contributed by atoms with Crippen molar-refractivity contribution in [2.24, 2.45) is 0 Å². The molecular formula is C16H16N2O7. The van der Waals surface area contributed by atoms with Crippen LogP contribution >= 0.6 is 0 Å². The van der Waals surface area contributed by atoms with Gasteiger partial charge in [-0.05, 0) is 19.4 Å². The van der Waals surface area contributed by atoms with Gasteiger partial charge in [-0.2, -0.15) is 0 Å².